The van der Waals surface area contributed by atoms with Crippen LogP contribution >= 0.6 is 0 Å². The van der Waals surface area contributed by atoms with Crippen LogP contribution in [0.2, 0.25) is 0 Å². The van der Waals surface area contributed by atoms with Gasteiger partial charge in [-0.3, -0.25) is 0 Å². The van der Waals surface area contributed by atoms with E-state index in [9.17, 15) is 0 Å². The number of aliphatic imine (C=N–C) groups is 1. The van der Waals surface area contributed by atoms with E-state index in [-0.39, 0.29) is 5.41 Å². The molecule has 0 aliphatic rings. The van der Waals surface area contributed by atoms with Crippen molar-refractivity contribution in [1.82, 2.24) is 5.32 Å². The van der Waals surface area contributed by atoms with E-state index in [0.717, 1.165) is 16.7 Å². The number of nitrogens with zero attached hydrogens (tertiary/aromatic N) is 1. The maximum absolute atomic E-state index is 6.50. The molecule has 0 spiro atoms. The first-order valence-electron chi connectivity index (χ1n) is 16.1. The van der Waals surface area contributed by atoms with Crippen molar-refractivity contribution in [2.45, 2.75) is 58.7 Å². The monoisotopic (exact) mass is 604 g/mol. The second kappa shape index (κ2) is 12.5. The van der Waals surface area contributed by atoms with Crippen molar-refractivity contribution in [3.05, 3.63) is 144 Å². The van der Waals surface area contributed by atoms with Crippen LogP contribution in [0.5, 0.6) is 0 Å². The summed E-state index contributed by atoms with van der Waals surface area (Å²) in [6.07, 6.45) is 0. The third-order valence-corrected chi connectivity index (χ3v) is 9.09. The predicted octanol–water partition coefficient (Wildman–Crippen LogP) is 9.42. The summed E-state index contributed by atoms with van der Waals surface area (Å²) in [7, 11) is 0. The highest BCUT2D eigenvalue weighted by Gasteiger charge is 2.21. The van der Waals surface area contributed by atoms with E-state index in [2.05, 4.69) is 161 Å². The number of nitrogens with two attached hydrogens (primary N) is 2. The number of benzene rings is 6. The third-order valence-electron chi connectivity index (χ3n) is 9.09. The van der Waals surface area contributed by atoms with Crippen molar-refractivity contribution in [2.24, 2.45) is 16.5 Å². The number of guanidine groups is 1. The highest BCUT2D eigenvalue weighted by molar-refractivity contribution is 5.99. The molecule has 6 aromatic rings. The summed E-state index contributed by atoms with van der Waals surface area (Å²) in [5.74, 6) is 0.420. The number of nitrogens with one attached hydrogen (secondary N) is 1. The second-order valence-corrected chi connectivity index (χ2v) is 13.7. The van der Waals surface area contributed by atoms with Gasteiger partial charge in [-0.15, -0.1) is 0 Å². The largest absolute Gasteiger partial charge is 0.370 e. The SMILES string of the molecule is CC(C)(C)c1ccc(-c2ccc(CN=C(N)NC(C)(C)c3ccc(-c4cccc5c(CN)cccc45)cc3)c3ccccc23)cc1. The zero-order valence-corrected chi connectivity index (χ0v) is 27.6. The molecule has 0 atom stereocenters. The summed E-state index contributed by atoms with van der Waals surface area (Å²) in [6, 6.07) is 43.4. The summed E-state index contributed by atoms with van der Waals surface area (Å²) < 4.78 is 0. The van der Waals surface area contributed by atoms with Crippen LogP contribution in [-0.4, -0.2) is 5.96 Å². The van der Waals surface area contributed by atoms with E-state index in [4.69, 9.17) is 16.5 Å². The molecule has 0 amide bonds. The standard InChI is InChI=1S/C42H44N4/c1-41(2,3)32-21-16-29(17-22-32)37-25-20-31(36-11-6-7-12-38(36)37)27-45-40(44)46-42(4,5)33-23-18-28(19-24-33)34-13-9-14-35-30(26-43)10-8-15-39(34)35/h6-25H,26-27,43H2,1-5H3,(H3,44,45,46). The Kier molecular flexibility index (Phi) is 8.41. The first-order chi connectivity index (χ1) is 22.0. The molecule has 0 radical (unpaired) electrons. The van der Waals surface area contributed by atoms with Crippen molar-refractivity contribution >= 4 is 27.5 Å². The van der Waals surface area contributed by atoms with Crippen LogP contribution in [-0.2, 0) is 24.0 Å². The van der Waals surface area contributed by atoms with E-state index in [1.807, 2.05) is 0 Å². The van der Waals surface area contributed by atoms with Crippen LogP contribution in [0, 0.1) is 0 Å². The zero-order chi connectivity index (χ0) is 32.5. The highest BCUT2D eigenvalue weighted by atomic mass is 15.1. The van der Waals surface area contributed by atoms with Gasteiger partial charge in [-0.1, -0.05) is 142 Å². The summed E-state index contributed by atoms with van der Waals surface area (Å²) in [5, 5.41) is 8.29. The summed E-state index contributed by atoms with van der Waals surface area (Å²) in [6.45, 7) is 12.0. The lowest BCUT2D eigenvalue weighted by molar-refractivity contribution is 0.483. The fraction of sp³-hybridized carbons (Fsp3) is 0.214. The van der Waals surface area contributed by atoms with E-state index < -0.39 is 5.54 Å². The Bertz CT molecular complexity index is 2030. The molecule has 5 N–H and O–H groups in total. The predicted molar refractivity (Wildman–Crippen MR) is 197 cm³/mol. The normalized spacial score (nSPS) is 12.5. The van der Waals surface area contributed by atoms with Gasteiger partial charge in [0.1, 0.15) is 0 Å². The molecule has 4 heteroatoms. The minimum atomic E-state index is -0.414. The van der Waals surface area contributed by atoms with Crippen molar-refractivity contribution in [2.75, 3.05) is 0 Å². The lowest BCUT2D eigenvalue weighted by Gasteiger charge is -2.28. The van der Waals surface area contributed by atoms with Crippen LogP contribution in [0.1, 0.15) is 56.9 Å². The molecule has 0 heterocycles. The first-order valence-corrected chi connectivity index (χ1v) is 16.1. The topological polar surface area (TPSA) is 76.4 Å². The van der Waals surface area contributed by atoms with Crippen molar-refractivity contribution in [3.63, 3.8) is 0 Å². The fourth-order valence-corrected chi connectivity index (χ4v) is 6.37. The second-order valence-electron chi connectivity index (χ2n) is 13.7. The Morgan fingerprint density at radius 2 is 1.09 bits per heavy atom. The average Bonchev–Trinajstić information content (AvgIpc) is 3.06. The maximum atomic E-state index is 6.50. The number of hydrogen-bond donors (Lipinski definition) is 3. The lowest BCUT2D eigenvalue weighted by atomic mass is 9.86. The molecular weight excluding hydrogens is 560 g/mol. The quantitative estimate of drug-likeness (QED) is 0.125. The molecule has 46 heavy (non-hydrogen) atoms. The molecule has 6 rings (SSSR count). The average molecular weight is 605 g/mol. The van der Waals surface area contributed by atoms with E-state index >= 15 is 0 Å². The molecular formula is C42H44N4. The molecule has 0 aromatic heterocycles. The summed E-state index contributed by atoms with van der Waals surface area (Å²) in [4.78, 5) is 4.78. The summed E-state index contributed by atoms with van der Waals surface area (Å²) >= 11 is 0. The van der Waals surface area contributed by atoms with Crippen LogP contribution in [0.15, 0.2) is 126 Å². The Morgan fingerprint density at radius 1 is 0.565 bits per heavy atom. The Morgan fingerprint density at radius 3 is 1.72 bits per heavy atom. The molecule has 0 saturated carbocycles. The third kappa shape index (κ3) is 6.27. The van der Waals surface area contributed by atoms with Gasteiger partial charge in [0.2, 0.25) is 0 Å². The highest BCUT2D eigenvalue weighted by Crippen LogP contribution is 2.34. The molecule has 0 unspecified atom stereocenters. The molecule has 0 aliphatic carbocycles. The number of rotatable bonds is 7. The minimum absolute atomic E-state index is 0.126. The van der Waals surface area contributed by atoms with Gasteiger partial charge in [0.05, 0.1) is 12.1 Å². The van der Waals surface area contributed by atoms with E-state index in [0.29, 0.717) is 19.0 Å². The minimum Gasteiger partial charge on any atom is -0.370 e. The lowest BCUT2D eigenvalue weighted by Crippen LogP contribution is -2.45. The van der Waals surface area contributed by atoms with Crippen LogP contribution in [0.3, 0.4) is 0 Å². The van der Waals surface area contributed by atoms with Crippen LogP contribution in [0.25, 0.3) is 43.8 Å². The van der Waals surface area contributed by atoms with Crippen molar-refractivity contribution < 1.29 is 0 Å². The molecule has 6 aromatic carbocycles. The van der Waals surface area contributed by atoms with Gasteiger partial charge in [0.25, 0.3) is 0 Å². The Hall–Kier alpha value is -4.93. The van der Waals surface area contributed by atoms with Crippen LogP contribution < -0.4 is 16.8 Å². The Balaban J connectivity index is 1.20. The molecule has 4 nitrogen and oxygen atoms in total. The van der Waals surface area contributed by atoms with Gasteiger partial charge in [-0.25, -0.2) is 4.99 Å². The summed E-state index contributed by atoms with van der Waals surface area (Å²) in [5.41, 5.74) is 21.8. The smallest absolute Gasteiger partial charge is 0.189 e. The molecule has 0 saturated heterocycles. The van der Waals surface area contributed by atoms with Crippen molar-refractivity contribution in [1.29, 1.82) is 0 Å². The van der Waals surface area contributed by atoms with Gasteiger partial charge in [0, 0.05) is 6.54 Å². The molecule has 232 valence electrons. The van der Waals surface area contributed by atoms with Gasteiger partial charge >= 0.3 is 0 Å². The van der Waals surface area contributed by atoms with Gasteiger partial charge in [0.15, 0.2) is 5.96 Å². The van der Waals surface area contributed by atoms with E-state index in [1.54, 1.807) is 0 Å². The van der Waals surface area contributed by atoms with E-state index in [1.165, 1.54) is 49.4 Å². The van der Waals surface area contributed by atoms with Gasteiger partial charge in [-0.2, -0.15) is 0 Å². The Labute approximate surface area is 273 Å². The molecule has 0 bridgehead atoms. The zero-order valence-electron chi connectivity index (χ0n) is 27.6. The fourth-order valence-electron chi connectivity index (χ4n) is 6.37. The first kappa shape index (κ1) is 31.1. The van der Waals surface area contributed by atoms with Gasteiger partial charge < -0.3 is 16.8 Å². The molecule has 0 fully saturated rings. The van der Waals surface area contributed by atoms with Gasteiger partial charge in [-0.05, 0) is 85.3 Å². The van der Waals surface area contributed by atoms with Crippen molar-refractivity contribution in [3.8, 4) is 22.3 Å². The molecule has 0 aliphatic heterocycles. The number of hydrogen-bond acceptors (Lipinski definition) is 2. The number of fused-ring (bicyclic) bond motifs is 2. The maximum Gasteiger partial charge on any atom is 0.189 e. The van der Waals surface area contributed by atoms with Crippen LogP contribution in [0.4, 0.5) is 0 Å².